The fraction of sp³-hybridized carbons (Fsp3) is 0.0476. The number of hydrogen-bond acceptors (Lipinski definition) is 4. The molecule has 3 nitrogen and oxygen atoms in total. The molecule has 27 heavy (non-hydrogen) atoms. The van der Waals surface area contributed by atoms with Crippen molar-refractivity contribution in [3.8, 4) is 11.3 Å². The fourth-order valence-electron chi connectivity index (χ4n) is 2.65. The van der Waals surface area contributed by atoms with Gasteiger partial charge < -0.3 is 5.32 Å². The molecule has 0 atom stereocenters. The van der Waals surface area contributed by atoms with E-state index in [0.717, 1.165) is 16.2 Å². The predicted molar refractivity (Wildman–Crippen MR) is 116 cm³/mol. The third kappa shape index (κ3) is 4.50. The summed E-state index contributed by atoms with van der Waals surface area (Å²) in [5, 5.41) is 8.51. The number of thioether (sulfide) groups is 1. The van der Waals surface area contributed by atoms with Gasteiger partial charge in [-0.3, -0.25) is 4.79 Å². The SMILES string of the molecule is O=C(CSc1ccc(Cl)cc1)Nc1nc(-c2ccc3ccccc3c2)cs1. The third-order valence-electron chi connectivity index (χ3n) is 3.98. The molecule has 4 aromatic rings. The normalized spacial score (nSPS) is 10.9. The zero-order chi connectivity index (χ0) is 18.6. The molecule has 0 saturated carbocycles. The maximum atomic E-state index is 12.2. The van der Waals surface area contributed by atoms with E-state index in [-0.39, 0.29) is 5.91 Å². The van der Waals surface area contributed by atoms with Crippen LogP contribution in [0.15, 0.2) is 77.0 Å². The fourth-order valence-corrected chi connectivity index (χ4v) is 4.21. The first kappa shape index (κ1) is 18.0. The second-order valence-electron chi connectivity index (χ2n) is 5.89. The van der Waals surface area contributed by atoms with Crippen molar-refractivity contribution in [3.63, 3.8) is 0 Å². The average molecular weight is 411 g/mol. The van der Waals surface area contributed by atoms with E-state index in [1.165, 1.54) is 33.9 Å². The Kier molecular flexibility index (Phi) is 5.43. The Hall–Kier alpha value is -2.34. The van der Waals surface area contributed by atoms with E-state index in [9.17, 15) is 4.79 Å². The summed E-state index contributed by atoms with van der Waals surface area (Å²) in [6.07, 6.45) is 0. The van der Waals surface area contributed by atoms with E-state index in [1.807, 2.05) is 41.8 Å². The van der Waals surface area contributed by atoms with Crippen LogP contribution in [0.4, 0.5) is 5.13 Å². The number of rotatable bonds is 5. The molecule has 0 fully saturated rings. The van der Waals surface area contributed by atoms with Gasteiger partial charge in [0.05, 0.1) is 11.4 Å². The van der Waals surface area contributed by atoms with Gasteiger partial charge >= 0.3 is 0 Å². The van der Waals surface area contributed by atoms with Crippen LogP contribution in [0.3, 0.4) is 0 Å². The number of aromatic nitrogens is 1. The van der Waals surface area contributed by atoms with Crippen molar-refractivity contribution in [3.05, 3.63) is 77.1 Å². The Balaban J connectivity index is 1.41. The van der Waals surface area contributed by atoms with Gasteiger partial charge in [-0.15, -0.1) is 23.1 Å². The molecule has 0 unspecified atom stereocenters. The first-order valence-corrected chi connectivity index (χ1v) is 10.5. The van der Waals surface area contributed by atoms with Crippen LogP contribution in [-0.4, -0.2) is 16.6 Å². The molecule has 1 heterocycles. The third-order valence-corrected chi connectivity index (χ3v) is 6.00. The highest BCUT2D eigenvalue weighted by Crippen LogP contribution is 2.28. The lowest BCUT2D eigenvalue weighted by Gasteiger charge is -2.03. The van der Waals surface area contributed by atoms with Crippen molar-refractivity contribution >= 4 is 56.5 Å². The largest absolute Gasteiger partial charge is 0.301 e. The minimum absolute atomic E-state index is 0.0747. The molecule has 0 spiro atoms. The van der Waals surface area contributed by atoms with Crippen LogP contribution in [-0.2, 0) is 4.79 Å². The molecule has 1 aromatic heterocycles. The Morgan fingerprint density at radius 1 is 1.04 bits per heavy atom. The van der Waals surface area contributed by atoms with Crippen molar-refractivity contribution in [1.82, 2.24) is 4.98 Å². The Labute approximate surface area is 170 Å². The number of thiazole rings is 1. The van der Waals surface area contributed by atoms with Crippen molar-refractivity contribution in [2.45, 2.75) is 4.90 Å². The van der Waals surface area contributed by atoms with Gasteiger partial charge in [0.1, 0.15) is 0 Å². The van der Waals surface area contributed by atoms with Crippen LogP contribution in [0.1, 0.15) is 0 Å². The second kappa shape index (κ2) is 8.13. The molecule has 0 aliphatic rings. The van der Waals surface area contributed by atoms with E-state index in [2.05, 4.69) is 40.6 Å². The van der Waals surface area contributed by atoms with Gasteiger partial charge in [0.2, 0.25) is 5.91 Å². The summed E-state index contributed by atoms with van der Waals surface area (Å²) in [6, 6.07) is 21.9. The van der Waals surface area contributed by atoms with Crippen LogP contribution >= 0.6 is 34.7 Å². The Bertz CT molecular complexity index is 1090. The van der Waals surface area contributed by atoms with Crippen molar-refractivity contribution < 1.29 is 4.79 Å². The van der Waals surface area contributed by atoms with Crippen LogP contribution in [0.2, 0.25) is 5.02 Å². The van der Waals surface area contributed by atoms with E-state index in [1.54, 1.807) is 0 Å². The van der Waals surface area contributed by atoms with Crippen molar-refractivity contribution in [2.75, 3.05) is 11.1 Å². The Morgan fingerprint density at radius 3 is 2.63 bits per heavy atom. The maximum absolute atomic E-state index is 12.2. The van der Waals surface area contributed by atoms with Crippen LogP contribution in [0.25, 0.3) is 22.0 Å². The van der Waals surface area contributed by atoms with Crippen LogP contribution in [0, 0.1) is 0 Å². The van der Waals surface area contributed by atoms with E-state index in [4.69, 9.17) is 11.6 Å². The highest BCUT2D eigenvalue weighted by molar-refractivity contribution is 8.00. The van der Waals surface area contributed by atoms with Crippen LogP contribution < -0.4 is 5.32 Å². The van der Waals surface area contributed by atoms with E-state index in [0.29, 0.717) is 15.9 Å². The number of carbonyl (C=O) groups excluding carboxylic acids is 1. The molecule has 3 aromatic carbocycles. The molecule has 134 valence electrons. The molecule has 4 rings (SSSR count). The highest BCUT2D eigenvalue weighted by Gasteiger charge is 2.09. The molecule has 1 amide bonds. The minimum Gasteiger partial charge on any atom is -0.301 e. The number of halogens is 1. The quantitative estimate of drug-likeness (QED) is 0.390. The zero-order valence-electron chi connectivity index (χ0n) is 14.2. The maximum Gasteiger partial charge on any atom is 0.236 e. The minimum atomic E-state index is -0.0747. The summed E-state index contributed by atoms with van der Waals surface area (Å²) < 4.78 is 0. The summed E-state index contributed by atoms with van der Waals surface area (Å²) in [5.41, 5.74) is 1.91. The lowest BCUT2D eigenvalue weighted by atomic mass is 10.1. The van der Waals surface area contributed by atoms with E-state index >= 15 is 0 Å². The molecule has 0 aliphatic heterocycles. The number of anilines is 1. The molecular weight excluding hydrogens is 396 g/mol. The van der Waals surface area contributed by atoms with Gasteiger partial charge in [-0.25, -0.2) is 4.98 Å². The summed E-state index contributed by atoms with van der Waals surface area (Å²) in [4.78, 5) is 17.7. The summed E-state index contributed by atoms with van der Waals surface area (Å²) in [7, 11) is 0. The lowest BCUT2D eigenvalue weighted by Crippen LogP contribution is -2.13. The molecule has 0 saturated heterocycles. The van der Waals surface area contributed by atoms with Gasteiger partial charge in [-0.1, -0.05) is 48.0 Å². The number of hydrogen-bond donors (Lipinski definition) is 1. The van der Waals surface area contributed by atoms with Gasteiger partial charge in [0.15, 0.2) is 5.13 Å². The van der Waals surface area contributed by atoms with Gasteiger partial charge in [-0.05, 0) is 41.1 Å². The number of carbonyl (C=O) groups is 1. The number of nitrogens with one attached hydrogen (secondary N) is 1. The molecular formula is C21H15ClN2OS2. The van der Waals surface area contributed by atoms with Crippen molar-refractivity contribution in [1.29, 1.82) is 0 Å². The zero-order valence-corrected chi connectivity index (χ0v) is 16.6. The van der Waals surface area contributed by atoms with Gasteiger partial charge in [0, 0.05) is 20.9 Å². The first-order chi connectivity index (χ1) is 13.2. The average Bonchev–Trinajstić information content (AvgIpc) is 3.15. The second-order valence-corrected chi connectivity index (χ2v) is 8.23. The molecule has 0 radical (unpaired) electrons. The summed E-state index contributed by atoms with van der Waals surface area (Å²) in [5.74, 6) is 0.251. The topological polar surface area (TPSA) is 42.0 Å². The lowest BCUT2D eigenvalue weighted by molar-refractivity contribution is -0.113. The number of nitrogens with zero attached hydrogens (tertiary/aromatic N) is 1. The summed E-state index contributed by atoms with van der Waals surface area (Å²) in [6.45, 7) is 0. The highest BCUT2D eigenvalue weighted by atomic mass is 35.5. The Morgan fingerprint density at radius 2 is 1.81 bits per heavy atom. The molecule has 0 bridgehead atoms. The standard InChI is InChI=1S/C21H15ClN2OS2/c22-17-7-9-18(10-8-17)26-13-20(25)24-21-23-19(12-27-21)16-6-5-14-3-1-2-4-15(14)11-16/h1-12H,13H2,(H,23,24,25). The number of benzene rings is 3. The summed E-state index contributed by atoms with van der Waals surface area (Å²) >= 11 is 8.77. The molecule has 6 heteroatoms. The monoisotopic (exact) mass is 410 g/mol. The molecule has 0 aliphatic carbocycles. The first-order valence-electron chi connectivity index (χ1n) is 8.30. The number of fused-ring (bicyclic) bond motifs is 1. The van der Waals surface area contributed by atoms with E-state index < -0.39 is 0 Å². The van der Waals surface area contributed by atoms with Gasteiger partial charge in [0.25, 0.3) is 0 Å². The van der Waals surface area contributed by atoms with Crippen LogP contribution in [0.5, 0.6) is 0 Å². The molecule has 1 N–H and O–H groups in total. The predicted octanol–water partition coefficient (Wildman–Crippen LogP) is 6.35. The smallest absolute Gasteiger partial charge is 0.236 e. The van der Waals surface area contributed by atoms with Crippen molar-refractivity contribution in [2.24, 2.45) is 0 Å². The van der Waals surface area contributed by atoms with Gasteiger partial charge in [-0.2, -0.15) is 0 Å². The number of amides is 1.